The fourth-order valence-electron chi connectivity index (χ4n) is 1.89. The zero-order valence-corrected chi connectivity index (χ0v) is 15.4. The summed E-state index contributed by atoms with van der Waals surface area (Å²) in [6.07, 6.45) is 0. The van der Waals surface area contributed by atoms with E-state index in [1.54, 1.807) is 31.3 Å². The number of aliphatic imine (C=N–C) groups is 1. The van der Waals surface area contributed by atoms with Crippen molar-refractivity contribution in [3.63, 3.8) is 0 Å². The maximum atomic E-state index is 12.4. The van der Waals surface area contributed by atoms with E-state index in [1.807, 2.05) is 27.7 Å². The Morgan fingerprint density at radius 2 is 1.65 bits per heavy atom. The molecule has 0 aromatic heterocycles. The molecule has 0 aliphatic heterocycles. The maximum absolute atomic E-state index is 12.4. The van der Waals surface area contributed by atoms with Gasteiger partial charge in [0.1, 0.15) is 0 Å². The molecule has 1 rings (SSSR count). The van der Waals surface area contributed by atoms with Gasteiger partial charge in [0, 0.05) is 26.2 Å². The highest BCUT2D eigenvalue weighted by Gasteiger charge is 2.22. The van der Waals surface area contributed by atoms with Crippen molar-refractivity contribution in [2.45, 2.75) is 45.2 Å². The molecule has 0 amide bonds. The van der Waals surface area contributed by atoms with Crippen LogP contribution in [0.5, 0.6) is 0 Å². The smallest absolute Gasteiger partial charge is 0.243 e. The third-order valence-electron chi connectivity index (χ3n) is 3.44. The molecule has 0 aliphatic carbocycles. The third-order valence-corrected chi connectivity index (χ3v) is 5.48. The second-order valence-corrected chi connectivity index (χ2v) is 7.48. The van der Waals surface area contributed by atoms with Gasteiger partial charge in [0.25, 0.3) is 0 Å². The summed E-state index contributed by atoms with van der Waals surface area (Å²) in [5.41, 5.74) is 0.962. The van der Waals surface area contributed by atoms with Gasteiger partial charge in [0.2, 0.25) is 10.0 Å². The average Bonchev–Trinajstić information content (AvgIpc) is 2.52. The van der Waals surface area contributed by atoms with E-state index in [1.165, 1.54) is 4.31 Å². The molecule has 0 atom stereocenters. The fourth-order valence-corrected chi connectivity index (χ4v) is 3.26. The van der Waals surface area contributed by atoms with Crippen LogP contribution in [0.3, 0.4) is 0 Å². The van der Waals surface area contributed by atoms with E-state index < -0.39 is 10.0 Å². The lowest BCUT2D eigenvalue weighted by atomic mass is 10.2. The van der Waals surface area contributed by atoms with Crippen LogP contribution in [0.2, 0.25) is 0 Å². The number of hydrogen-bond acceptors (Lipinski definition) is 3. The molecule has 0 fully saturated rings. The Balaban J connectivity index is 2.86. The van der Waals surface area contributed by atoms with Gasteiger partial charge in [-0.2, -0.15) is 4.31 Å². The van der Waals surface area contributed by atoms with Gasteiger partial charge < -0.3 is 10.6 Å². The maximum Gasteiger partial charge on any atom is 0.243 e. The normalized spacial score (nSPS) is 11.6. The van der Waals surface area contributed by atoms with Gasteiger partial charge in [0.05, 0.1) is 11.4 Å². The van der Waals surface area contributed by atoms with Crippen molar-refractivity contribution >= 4 is 16.0 Å². The molecule has 0 heterocycles. The van der Waals surface area contributed by atoms with Gasteiger partial charge in [-0.05, 0) is 45.4 Å². The largest absolute Gasteiger partial charge is 0.357 e. The second kappa shape index (κ2) is 8.88. The van der Waals surface area contributed by atoms with E-state index in [0.717, 1.165) is 24.6 Å². The van der Waals surface area contributed by atoms with Gasteiger partial charge >= 0.3 is 0 Å². The Labute approximate surface area is 140 Å². The van der Waals surface area contributed by atoms with Gasteiger partial charge in [-0.25, -0.2) is 13.4 Å². The molecule has 7 heteroatoms. The Bertz CT molecular complexity index is 601. The first-order valence-electron chi connectivity index (χ1n) is 7.92. The minimum Gasteiger partial charge on any atom is -0.357 e. The van der Waals surface area contributed by atoms with E-state index in [9.17, 15) is 8.42 Å². The second-order valence-electron chi connectivity index (χ2n) is 5.48. The molecular weight excluding hydrogens is 312 g/mol. The van der Waals surface area contributed by atoms with Crippen LogP contribution in [0, 0.1) is 0 Å². The van der Waals surface area contributed by atoms with Crippen LogP contribution in [0.15, 0.2) is 34.2 Å². The highest BCUT2D eigenvalue weighted by atomic mass is 32.2. The van der Waals surface area contributed by atoms with Crippen LogP contribution >= 0.6 is 0 Å². The standard InChI is InChI=1S/C16H28N4O2S/c1-6-17-16(18-7-2)19-12-14-8-10-15(11-9-14)23(21,22)20(5)13(3)4/h8-11,13H,6-7,12H2,1-5H3,(H2,17,18,19). The van der Waals surface area contributed by atoms with Crippen LogP contribution in [0.4, 0.5) is 0 Å². The Hall–Kier alpha value is -1.60. The number of benzene rings is 1. The molecule has 0 aliphatic rings. The predicted molar refractivity (Wildman–Crippen MR) is 95.0 cm³/mol. The van der Waals surface area contributed by atoms with Crippen molar-refractivity contribution in [2.24, 2.45) is 4.99 Å². The van der Waals surface area contributed by atoms with Crippen molar-refractivity contribution in [1.29, 1.82) is 0 Å². The lowest BCUT2D eigenvalue weighted by Gasteiger charge is -2.21. The fraction of sp³-hybridized carbons (Fsp3) is 0.562. The number of rotatable bonds is 7. The van der Waals surface area contributed by atoms with Crippen molar-refractivity contribution < 1.29 is 8.42 Å². The predicted octanol–water partition coefficient (Wildman–Crippen LogP) is 1.79. The van der Waals surface area contributed by atoms with E-state index in [0.29, 0.717) is 11.4 Å². The summed E-state index contributed by atoms with van der Waals surface area (Å²) in [5, 5.41) is 6.31. The van der Waals surface area contributed by atoms with E-state index in [-0.39, 0.29) is 6.04 Å². The van der Waals surface area contributed by atoms with Gasteiger partial charge in [-0.3, -0.25) is 0 Å². The van der Waals surface area contributed by atoms with Gasteiger partial charge in [-0.15, -0.1) is 0 Å². The topological polar surface area (TPSA) is 73.8 Å². The highest BCUT2D eigenvalue weighted by molar-refractivity contribution is 7.89. The van der Waals surface area contributed by atoms with Crippen LogP contribution in [-0.4, -0.2) is 44.9 Å². The lowest BCUT2D eigenvalue weighted by molar-refractivity contribution is 0.410. The van der Waals surface area contributed by atoms with Crippen LogP contribution < -0.4 is 10.6 Å². The summed E-state index contributed by atoms with van der Waals surface area (Å²) in [4.78, 5) is 4.77. The number of nitrogens with zero attached hydrogens (tertiary/aromatic N) is 2. The number of guanidine groups is 1. The number of sulfonamides is 1. The summed E-state index contributed by atoms with van der Waals surface area (Å²) in [5.74, 6) is 0.756. The van der Waals surface area contributed by atoms with Crippen LogP contribution in [0.1, 0.15) is 33.3 Å². The highest BCUT2D eigenvalue weighted by Crippen LogP contribution is 2.17. The number of nitrogens with one attached hydrogen (secondary N) is 2. The molecule has 1 aromatic rings. The van der Waals surface area contributed by atoms with Crippen molar-refractivity contribution in [1.82, 2.24) is 14.9 Å². The minimum absolute atomic E-state index is 0.0768. The first-order valence-corrected chi connectivity index (χ1v) is 9.36. The molecule has 130 valence electrons. The van der Waals surface area contributed by atoms with E-state index >= 15 is 0 Å². The zero-order valence-electron chi connectivity index (χ0n) is 14.6. The minimum atomic E-state index is -3.43. The van der Waals surface area contributed by atoms with Gasteiger partial charge in [0.15, 0.2) is 5.96 Å². The Morgan fingerprint density at radius 3 is 2.09 bits per heavy atom. The van der Waals surface area contributed by atoms with E-state index in [4.69, 9.17) is 0 Å². The molecule has 0 unspecified atom stereocenters. The van der Waals surface area contributed by atoms with Crippen LogP contribution in [0.25, 0.3) is 0 Å². The Morgan fingerprint density at radius 1 is 1.13 bits per heavy atom. The molecular formula is C16H28N4O2S. The first-order chi connectivity index (χ1) is 10.8. The summed E-state index contributed by atoms with van der Waals surface area (Å²) < 4.78 is 26.2. The zero-order chi connectivity index (χ0) is 17.5. The summed E-state index contributed by atoms with van der Waals surface area (Å²) in [6.45, 7) is 9.81. The molecule has 0 saturated carbocycles. The van der Waals surface area contributed by atoms with Crippen molar-refractivity contribution in [2.75, 3.05) is 20.1 Å². The summed E-state index contributed by atoms with van der Waals surface area (Å²) >= 11 is 0. The summed E-state index contributed by atoms with van der Waals surface area (Å²) in [6, 6.07) is 6.81. The summed E-state index contributed by atoms with van der Waals surface area (Å²) in [7, 11) is -1.84. The van der Waals surface area contributed by atoms with E-state index in [2.05, 4.69) is 15.6 Å². The molecule has 2 N–H and O–H groups in total. The molecule has 23 heavy (non-hydrogen) atoms. The quantitative estimate of drug-likeness (QED) is 0.586. The average molecular weight is 340 g/mol. The monoisotopic (exact) mass is 340 g/mol. The molecule has 6 nitrogen and oxygen atoms in total. The molecule has 0 spiro atoms. The van der Waals surface area contributed by atoms with Crippen LogP contribution in [-0.2, 0) is 16.6 Å². The Kier molecular flexibility index (Phi) is 7.51. The molecule has 1 aromatic carbocycles. The number of hydrogen-bond donors (Lipinski definition) is 2. The first kappa shape index (κ1) is 19.4. The van der Waals surface area contributed by atoms with Gasteiger partial charge in [-0.1, -0.05) is 12.1 Å². The molecule has 0 radical (unpaired) electrons. The molecule has 0 bridgehead atoms. The third kappa shape index (κ3) is 5.51. The van der Waals surface area contributed by atoms with Crippen molar-refractivity contribution in [3.05, 3.63) is 29.8 Å². The van der Waals surface area contributed by atoms with Crippen molar-refractivity contribution in [3.8, 4) is 0 Å². The molecule has 0 saturated heterocycles. The SMILES string of the molecule is CCNC(=NCc1ccc(S(=O)(=O)N(C)C(C)C)cc1)NCC. The lowest BCUT2D eigenvalue weighted by Crippen LogP contribution is -2.36.